The smallest absolute Gasteiger partial charge is 0.327 e. The first-order valence-corrected chi connectivity index (χ1v) is 8.14. The van der Waals surface area contributed by atoms with Crippen molar-refractivity contribution in [2.75, 3.05) is 26.7 Å². The summed E-state index contributed by atoms with van der Waals surface area (Å²) in [6.07, 6.45) is 4.51. The van der Waals surface area contributed by atoms with Gasteiger partial charge in [0.2, 0.25) is 0 Å². The van der Waals surface area contributed by atoms with Crippen LogP contribution in [0, 0.1) is 5.92 Å². The van der Waals surface area contributed by atoms with Crippen LogP contribution < -0.4 is 16.6 Å². The largest absolute Gasteiger partial charge is 0.339 e. The summed E-state index contributed by atoms with van der Waals surface area (Å²) < 4.78 is 0. The number of nitrogens with zero attached hydrogens (tertiary/aromatic N) is 2. The predicted molar refractivity (Wildman–Crippen MR) is 105 cm³/mol. The number of amides is 1. The Balaban J connectivity index is 0.00000169. The summed E-state index contributed by atoms with van der Waals surface area (Å²) >= 11 is 0. The van der Waals surface area contributed by atoms with E-state index in [1.54, 1.807) is 4.90 Å². The van der Waals surface area contributed by atoms with Crippen molar-refractivity contribution < 1.29 is 4.79 Å². The molecule has 10 heteroatoms. The molecule has 0 atom stereocenters. The van der Waals surface area contributed by atoms with E-state index >= 15 is 0 Å². The summed E-state index contributed by atoms with van der Waals surface area (Å²) in [7, 11) is 1.94. The Hall–Kier alpha value is -1.90. The van der Waals surface area contributed by atoms with Gasteiger partial charge in [0.1, 0.15) is 5.65 Å². The van der Waals surface area contributed by atoms with Gasteiger partial charge in [0, 0.05) is 19.3 Å². The molecule has 0 radical (unpaired) electrons. The molecular formula is C16H23Cl2N5O3. The minimum absolute atomic E-state index is 0. The van der Waals surface area contributed by atoms with Crippen LogP contribution in [0.1, 0.15) is 29.6 Å². The van der Waals surface area contributed by atoms with Gasteiger partial charge in [0.25, 0.3) is 11.5 Å². The lowest BCUT2D eigenvalue weighted by Crippen LogP contribution is -2.39. The zero-order valence-corrected chi connectivity index (χ0v) is 16.0. The monoisotopic (exact) mass is 403 g/mol. The average molecular weight is 404 g/mol. The fourth-order valence-electron chi connectivity index (χ4n) is 3.12. The van der Waals surface area contributed by atoms with E-state index in [1.165, 1.54) is 12.3 Å². The van der Waals surface area contributed by atoms with Crippen LogP contribution >= 0.6 is 24.8 Å². The predicted octanol–water partition coefficient (Wildman–Crippen LogP) is 0.917. The highest BCUT2D eigenvalue weighted by Crippen LogP contribution is 2.21. The molecule has 2 aromatic rings. The summed E-state index contributed by atoms with van der Waals surface area (Å²) in [6.45, 7) is 2.43. The van der Waals surface area contributed by atoms with Crippen molar-refractivity contribution in [1.82, 2.24) is 25.2 Å². The molecule has 2 aromatic heterocycles. The Labute approximate surface area is 162 Å². The van der Waals surface area contributed by atoms with Gasteiger partial charge in [0.05, 0.1) is 10.9 Å². The van der Waals surface area contributed by atoms with Crippen molar-refractivity contribution in [3.8, 4) is 0 Å². The third kappa shape index (κ3) is 4.84. The lowest BCUT2D eigenvalue weighted by atomic mass is 9.93. The van der Waals surface area contributed by atoms with Crippen LogP contribution in [-0.4, -0.2) is 52.4 Å². The number of pyridine rings is 1. The second-order valence-electron chi connectivity index (χ2n) is 6.16. The van der Waals surface area contributed by atoms with Crippen LogP contribution in [0.5, 0.6) is 0 Å². The number of carbonyl (C=O) groups is 1. The van der Waals surface area contributed by atoms with Gasteiger partial charge in [-0.25, -0.2) is 9.78 Å². The Morgan fingerprint density at radius 1 is 1.27 bits per heavy atom. The number of nitrogens with one attached hydrogen (secondary N) is 3. The Bertz CT molecular complexity index is 859. The number of rotatable bonds is 4. The molecule has 0 spiro atoms. The molecule has 3 heterocycles. The summed E-state index contributed by atoms with van der Waals surface area (Å²) in [4.78, 5) is 46.2. The summed E-state index contributed by atoms with van der Waals surface area (Å²) in [5, 5.41) is 3.37. The molecule has 3 N–H and O–H groups in total. The molecule has 1 amide bonds. The number of likely N-dealkylation sites (tertiary alicyclic amines) is 1. The SMILES string of the molecule is CNCCC1CCN(C(=O)c2cnc3[nH]c(=O)[nH]c(=O)c3c2)CC1.Cl.Cl. The van der Waals surface area contributed by atoms with Gasteiger partial charge in [-0.2, -0.15) is 0 Å². The number of hydrogen-bond donors (Lipinski definition) is 3. The molecule has 1 aliphatic heterocycles. The van der Waals surface area contributed by atoms with E-state index in [0.717, 1.165) is 25.8 Å². The van der Waals surface area contributed by atoms with E-state index in [2.05, 4.69) is 20.3 Å². The van der Waals surface area contributed by atoms with Crippen molar-refractivity contribution >= 4 is 41.8 Å². The van der Waals surface area contributed by atoms with E-state index in [-0.39, 0.29) is 41.8 Å². The fraction of sp³-hybridized carbons (Fsp3) is 0.500. The molecule has 0 bridgehead atoms. The van der Waals surface area contributed by atoms with E-state index in [1.807, 2.05) is 7.05 Å². The van der Waals surface area contributed by atoms with Gasteiger partial charge in [-0.1, -0.05) is 0 Å². The van der Waals surface area contributed by atoms with Crippen LogP contribution in [0.15, 0.2) is 21.9 Å². The lowest BCUT2D eigenvalue weighted by molar-refractivity contribution is 0.0687. The van der Waals surface area contributed by atoms with E-state index in [9.17, 15) is 14.4 Å². The maximum atomic E-state index is 12.6. The number of H-pyrrole nitrogens is 2. The topological polar surface area (TPSA) is 111 Å². The quantitative estimate of drug-likeness (QED) is 0.702. The maximum absolute atomic E-state index is 12.6. The highest BCUT2D eigenvalue weighted by molar-refractivity contribution is 5.96. The number of hydrogen-bond acceptors (Lipinski definition) is 5. The molecule has 8 nitrogen and oxygen atoms in total. The molecule has 0 unspecified atom stereocenters. The van der Waals surface area contributed by atoms with Gasteiger partial charge < -0.3 is 10.2 Å². The third-order valence-electron chi connectivity index (χ3n) is 4.54. The van der Waals surface area contributed by atoms with E-state index in [0.29, 0.717) is 24.6 Å². The van der Waals surface area contributed by atoms with Crippen LogP contribution in [0.4, 0.5) is 0 Å². The maximum Gasteiger partial charge on any atom is 0.327 e. The molecule has 1 aliphatic rings. The minimum Gasteiger partial charge on any atom is -0.339 e. The van der Waals surface area contributed by atoms with Gasteiger partial charge in [0.15, 0.2) is 0 Å². The zero-order chi connectivity index (χ0) is 17.1. The van der Waals surface area contributed by atoms with Crippen LogP contribution in [0.25, 0.3) is 11.0 Å². The molecule has 0 aromatic carbocycles. The summed E-state index contributed by atoms with van der Waals surface area (Å²) in [5.41, 5.74) is -0.593. The van der Waals surface area contributed by atoms with Crippen LogP contribution in [0.3, 0.4) is 0 Å². The number of aromatic nitrogens is 3. The van der Waals surface area contributed by atoms with E-state index in [4.69, 9.17) is 0 Å². The molecule has 144 valence electrons. The zero-order valence-electron chi connectivity index (χ0n) is 14.4. The first-order chi connectivity index (χ1) is 11.6. The second kappa shape index (κ2) is 9.70. The van der Waals surface area contributed by atoms with Crippen LogP contribution in [-0.2, 0) is 0 Å². The number of piperidine rings is 1. The fourth-order valence-corrected chi connectivity index (χ4v) is 3.12. The standard InChI is InChI=1S/C16H21N5O3.2ClH/c1-17-5-2-10-3-6-21(7-4-10)15(23)11-8-12-13(18-9-11)19-16(24)20-14(12)22;;/h8-10,17H,2-7H2,1H3,(H2,18,19,20,22,24);2*1H. The van der Waals surface area contributed by atoms with Gasteiger partial charge in [-0.3, -0.25) is 19.6 Å². The van der Waals surface area contributed by atoms with E-state index < -0.39 is 11.2 Å². The lowest BCUT2D eigenvalue weighted by Gasteiger charge is -2.32. The van der Waals surface area contributed by atoms with Crippen molar-refractivity contribution in [3.05, 3.63) is 38.7 Å². The van der Waals surface area contributed by atoms with Crippen LogP contribution in [0.2, 0.25) is 0 Å². The number of halogens is 2. The Kier molecular flexibility index (Phi) is 8.26. The number of carbonyl (C=O) groups excluding carboxylic acids is 1. The molecule has 1 saturated heterocycles. The Morgan fingerprint density at radius 2 is 1.96 bits per heavy atom. The summed E-state index contributed by atoms with van der Waals surface area (Å²) in [6, 6.07) is 1.49. The van der Waals surface area contributed by atoms with Crippen molar-refractivity contribution in [2.24, 2.45) is 5.92 Å². The third-order valence-corrected chi connectivity index (χ3v) is 4.54. The first kappa shape index (κ1) is 22.1. The van der Waals surface area contributed by atoms with Gasteiger partial charge >= 0.3 is 5.69 Å². The van der Waals surface area contributed by atoms with Crippen molar-refractivity contribution in [1.29, 1.82) is 0 Å². The van der Waals surface area contributed by atoms with Gasteiger partial charge in [-0.05, 0) is 44.8 Å². The average Bonchev–Trinajstić information content (AvgIpc) is 2.59. The minimum atomic E-state index is -0.609. The van der Waals surface area contributed by atoms with Crippen molar-refractivity contribution in [2.45, 2.75) is 19.3 Å². The molecular weight excluding hydrogens is 381 g/mol. The molecule has 1 fully saturated rings. The highest BCUT2D eigenvalue weighted by Gasteiger charge is 2.24. The van der Waals surface area contributed by atoms with Crippen molar-refractivity contribution in [3.63, 3.8) is 0 Å². The normalized spacial score (nSPS) is 14.6. The molecule has 0 aliphatic carbocycles. The highest BCUT2D eigenvalue weighted by atomic mass is 35.5. The van der Waals surface area contributed by atoms with Gasteiger partial charge in [-0.15, -0.1) is 24.8 Å². The molecule has 0 saturated carbocycles. The molecule has 3 rings (SSSR count). The number of aromatic amines is 2. The second-order valence-corrected chi connectivity index (χ2v) is 6.16. The first-order valence-electron chi connectivity index (χ1n) is 8.14. The Morgan fingerprint density at radius 3 is 2.62 bits per heavy atom. The number of fused-ring (bicyclic) bond motifs is 1. The summed E-state index contributed by atoms with van der Waals surface area (Å²) in [5.74, 6) is 0.520. The molecule has 26 heavy (non-hydrogen) atoms.